The van der Waals surface area contributed by atoms with Crippen LogP contribution >= 0.6 is 24.0 Å². The predicted molar refractivity (Wildman–Crippen MR) is 88.4 cm³/mol. The Balaban J connectivity index is 0.00000161. The van der Waals surface area contributed by atoms with Crippen molar-refractivity contribution in [2.24, 2.45) is 11.7 Å². The molecule has 0 radical (unpaired) electrons. The highest BCUT2D eigenvalue weighted by molar-refractivity contribution is 6.33. The van der Waals surface area contributed by atoms with Crippen LogP contribution in [-0.4, -0.2) is 9.97 Å². The Kier molecular flexibility index (Phi) is 5.04. The van der Waals surface area contributed by atoms with E-state index in [-0.39, 0.29) is 18.4 Å². The van der Waals surface area contributed by atoms with Crippen LogP contribution in [0.4, 0.5) is 11.5 Å². The Morgan fingerprint density at radius 1 is 1.29 bits per heavy atom. The van der Waals surface area contributed by atoms with Gasteiger partial charge in [0, 0.05) is 17.9 Å². The summed E-state index contributed by atoms with van der Waals surface area (Å²) in [5.74, 6) is 1.22. The second-order valence-electron chi connectivity index (χ2n) is 5.28. The average molecular weight is 325 g/mol. The van der Waals surface area contributed by atoms with Crippen LogP contribution in [-0.2, 0) is 0 Å². The van der Waals surface area contributed by atoms with Crippen molar-refractivity contribution in [1.29, 1.82) is 0 Å². The maximum atomic E-state index is 6.28. The number of nitrogens with one attached hydrogen (secondary N) is 1. The van der Waals surface area contributed by atoms with Crippen LogP contribution < -0.4 is 11.1 Å². The van der Waals surface area contributed by atoms with Gasteiger partial charge in [-0.15, -0.1) is 12.4 Å². The van der Waals surface area contributed by atoms with Gasteiger partial charge in [0.05, 0.1) is 16.9 Å². The highest BCUT2D eigenvalue weighted by Gasteiger charge is 2.29. The van der Waals surface area contributed by atoms with Crippen molar-refractivity contribution in [3.63, 3.8) is 0 Å². The van der Waals surface area contributed by atoms with Crippen molar-refractivity contribution in [1.82, 2.24) is 9.97 Å². The van der Waals surface area contributed by atoms with Gasteiger partial charge in [-0.2, -0.15) is 0 Å². The monoisotopic (exact) mass is 324 g/mol. The molecule has 21 heavy (non-hydrogen) atoms. The number of nitrogens with zero attached hydrogens (tertiary/aromatic N) is 2. The van der Waals surface area contributed by atoms with Crippen molar-refractivity contribution in [2.45, 2.75) is 25.8 Å². The fourth-order valence-electron chi connectivity index (χ4n) is 2.13. The lowest BCUT2D eigenvalue weighted by Gasteiger charge is -2.13. The molecule has 1 fully saturated rings. The van der Waals surface area contributed by atoms with E-state index in [1.54, 1.807) is 12.4 Å². The summed E-state index contributed by atoms with van der Waals surface area (Å²) in [5.41, 5.74) is 9.00. The van der Waals surface area contributed by atoms with Gasteiger partial charge in [-0.1, -0.05) is 11.6 Å². The van der Waals surface area contributed by atoms with E-state index in [0.717, 1.165) is 16.9 Å². The molecule has 3 rings (SSSR count). The molecule has 112 valence electrons. The minimum Gasteiger partial charge on any atom is -0.338 e. The van der Waals surface area contributed by atoms with E-state index in [1.807, 2.05) is 25.1 Å². The SMILES string of the molecule is Cc1ccc(Nc2ncc([C@H](N)C3CC3)cc2Cl)cn1.Cl. The van der Waals surface area contributed by atoms with Crippen LogP contribution in [0.5, 0.6) is 0 Å². The molecule has 2 aromatic heterocycles. The second kappa shape index (κ2) is 6.60. The van der Waals surface area contributed by atoms with Crippen molar-refractivity contribution in [3.8, 4) is 0 Å². The minimum absolute atomic E-state index is 0. The smallest absolute Gasteiger partial charge is 0.149 e. The molecule has 0 aliphatic heterocycles. The zero-order valence-electron chi connectivity index (χ0n) is 11.7. The summed E-state index contributed by atoms with van der Waals surface area (Å²) in [7, 11) is 0. The zero-order chi connectivity index (χ0) is 14.1. The molecule has 0 saturated heterocycles. The number of hydrogen-bond donors (Lipinski definition) is 2. The molecule has 3 N–H and O–H groups in total. The lowest BCUT2D eigenvalue weighted by atomic mass is 10.1. The van der Waals surface area contributed by atoms with Gasteiger partial charge in [-0.25, -0.2) is 4.98 Å². The molecule has 1 saturated carbocycles. The number of hydrogen-bond acceptors (Lipinski definition) is 4. The third-order valence-corrected chi connectivity index (χ3v) is 3.84. The molecular formula is C15H18Cl2N4. The first-order valence-corrected chi connectivity index (χ1v) is 7.12. The lowest BCUT2D eigenvalue weighted by molar-refractivity contribution is 0.631. The van der Waals surface area contributed by atoms with E-state index in [2.05, 4.69) is 15.3 Å². The molecule has 1 atom stereocenters. The van der Waals surface area contributed by atoms with Crippen molar-refractivity contribution in [3.05, 3.63) is 46.9 Å². The van der Waals surface area contributed by atoms with Gasteiger partial charge >= 0.3 is 0 Å². The van der Waals surface area contributed by atoms with Gasteiger partial charge in [0.2, 0.25) is 0 Å². The number of anilines is 2. The fraction of sp³-hybridized carbons (Fsp3) is 0.333. The van der Waals surface area contributed by atoms with Crippen LogP contribution in [0.15, 0.2) is 30.6 Å². The normalized spacial score (nSPS) is 15.2. The summed E-state index contributed by atoms with van der Waals surface area (Å²) in [6.07, 6.45) is 5.97. The van der Waals surface area contributed by atoms with Gasteiger partial charge in [0.15, 0.2) is 0 Å². The van der Waals surface area contributed by atoms with E-state index in [9.17, 15) is 0 Å². The fourth-order valence-corrected chi connectivity index (χ4v) is 2.35. The number of nitrogens with two attached hydrogens (primary N) is 1. The number of aromatic nitrogens is 2. The highest BCUT2D eigenvalue weighted by Crippen LogP contribution is 2.40. The predicted octanol–water partition coefficient (Wildman–Crippen LogP) is 4.01. The molecular weight excluding hydrogens is 307 g/mol. The Labute approximate surface area is 135 Å². The summed E-state index contributed by atoms with van der Waals surface area (Å²) in [6, 6.07) is 5.84. The van der Waals surface area contributed by atoms with Gasteiger partial charge in [-0.05, 0) is 49.4 Å². The van der Waals surface area contributed by atoms with Crippen LogP contribution in [0.1, 0.15) is 30.1 Å². The van der Waals surface area contributed by atoms with Gasteiger partial charge < -0.3 is 11.1 Å². The summed E-state index contributed by atoms with van der Waals surface area (Å²) in [6.45, 7) is 1.95. The molecule has 1 aliphatic carbocycles. The molecule has 2 aromatic rings. The Morgan fingerprint density at radius 3 is 2.62 bits per heavy atom. The number of pyridine rings is 2. The molecule has 0 amide bonds. The summed E-state index contributed by atoms with van der Waals surface area (Å²) in [4.78, 5) is 8.61. The van der Waals surface area contributed by atoms with E-state index in [0.29, 0.717) is 16.8 Å². The van der Waals surface area contributed by atoms with Crippen LogP contribution in [0.25, 0.3) is 0 Å². The number of aryl methyl sites for hydroxylation is 1. The number of halogens is 2. The molecule has 0 bridgehead atoms. The molecule has 0 aromatic carbocycles. The standard InChI is InChI=1S/C15H17ClN4.ClH/c1-9-2-5-12(8-18-9)20-15-13(16)6-11(7-19-15)14(17)10-3-4-10;/h2,5-8,10,14H,3-4,17H2,1H3,(H,19,20);1H/t14-;/m1./s1. The van der Waals surface area contributed by atoms with E-state index < -0.39 is 0 Å². The Morgan fingerprint density at radius 2 is 2.05 bits per heavy atom. The largest absolute Gasteiger partial charge is 0.338 e. The quantitative estimate of drug-likeness (QED) is 0.891. The lowest BCUT2D eigenvalue weighted by Crippen LogP contribution is -2.13. The summed E-state index contributed by atoms with van der Waals surface area (Å²) >= 11 is 6.28. The van der Waals surface area contributed by atoms with E-state index >= 15 is 0 Å². The van der Waals surface area contributed by atoms with Gasteiger partial charge in [-0.3, -0.25) is 4.98 Å². The Bertz CT molecular complexity index is 612. The van der Waals surface area contributed by atoms with Crippen molar-refractivity contribution < 1.29 is 0 Å². The second-order valence-corrected chi connectivity index (χ2v) is 5.68. The minimum atomic E-state index is 0. The maximum Gasteiger partial charge on any atom is 0.149 e. The van der Waals surface area contributed by atoms with Crippen LogP contribution in [0, 0.1) is 12.8 Å². The topological polar surface area (TPSA) is 63.8 Å². The maximum absolute atomic E-state index is 6.28. The highest BCUT2D eigenvalue weighted by atomic mass is 35.5. The van der Waals surface area contributed by atoms with E-state index in [4.69, 9.17) is 17.3 Å². The Hall–Kier alpha value is -1.36. The third kappa shape index (κ3) is 3.84. The van der Waals surface area contributed by atoms with Crippen molar-refractivity contribution in [2.75, 3.05) is 5.32 Å². The molecule has 6 heteroatoms. The summed E-state index contributed by atoms with van der Waals surface area (Å²) in [5, 5.41) is 3.75. The first-order valence-electron chi connectivity index (χ1n) is 6.74. The molecule has 2 heterocycles. The van der Waals surface area contributed by atoms with E-state index in [1.165, 1.54) is 12.8 Å². The molecule has 4 nitrogen and oxygen atoms in total. The van der Waals surface area contributed by atoms with Crippen LogP contribution in [0.3, 0.4) is 0 Å². The van der Waals surface area contributed by atoms with Crippen molar-refractivity contribution >= 4 is 35.5 Å². The summed E-state index contributed by atoms with van der Waals surface area (Å²) < 4.78 is 0. The number of rotatable bonds is 4. The van der Waals surface area contributed by atoms with Gasteiger partial charge in [0.1, 0.15) is 5.82 Å². The van der Waals surface area contributed by atoms with Crippen LogP contribution in [0.2, 0.25) is 5.02 Å². The third-order valence-electron chi connectivity index (χ3n) is 3.55. The van der Waals surface area contributed by atoms with Gasteiger partial charge in [0.25, 0.3) is 0 Å². The first kappa shape index (κ1) is 16.0. The molecule has 1 aliphatic rings. The molecule has 0 unspecified atom stereocenters. The zero-order valence-corrected chi connectivity index (χ0v) is 13.3. The first-order chi connectivity index (χ1) is 9.63. The average Bonchev–Trinajstić information content (AvgIpc) is 3.27. The molecule has 0 spiro atoms.